The van der Waals surface area contributed by atoms with Gasteiger partial charge in [-0.25, -0.2) is 0 Å². The summed E-state index contributed by atoms with van der Waals surface area (Å²) in [6.07, 6.45) is 7.40. The van der Waals surface area contributed by atoms with Crippen LogP contribution in [0, 0.1) is 17.6 Å². The summed E-state index contributed by atoms with van der Waals surface area (Å²) in [7, 11) is 0. The highest BCUT2D eigenvalue weighted by Gasteiger charge is 2.04. The molecule has 0 unspecified atom stereocenters. The Labute approximate surface area is 107 Å². The SMILES string of the molecule is C#CCc1ccccc1/C=[N+](\[O-])c1ccccc1. The summed E-state index contributed by atoms with van der Waals surface area (Å²) in [6.45, 7) is 0. The Morgan fingerprint density at radius 3 is 2.44 bits per heavy atom. The number of nitrogens with zero attached hydrogens (tertiary/aromatic N) is 1. The van der Waals surface area contributed by atoms with Crippen molar-refractivity contribution in [3.8, 4) is 12.3 Å². The van der Waals surface area contributed by atoms with Crippen LogP contribution >= 0.6 is 0 Å². The van der Waals surface area contributed by atoms with Gasteiger partial charge < -0.3 is 5.21 Å². The highest BCUT2D eigenvalue weighted by Crippen LogP contribution is 2.11. The smallest absolute Gasteiger partial charge is 0.216 e. The minimum Gasteiger partial charge on any atom is -0.618 e. The lowest BCUT2D eigenvalue weighted by atomic mass is 10.1. The van der Waals surface area contributed by atoms with E-state index in [1.54, 1.807) is 18.3 Å². The molecular formula is C16H13NO. The Balaban J connectivity index is 2.36. The molecule has 0 N–H and O–H groups in total. The molecule has 2 aromatic rings. The average Bonchev–Trinajstić information content (AvgIpc) is 2.42. The maximum atomic E-state index is 12.0. The molecule has 0 aromatic heterocycles. The number of hydrogen-bond donors (Lipinski definition) is 0. The molecule has 0 heterocycles. The fraction of sp³-hybridized carbons (Fsp3) is 0.0625. The average molecular weight is 235 g/mol. The summed E-state index contributed by atoms with van der Waals surface area (Å²) in [5.41, 5.74) is 2.44. The van der Waals surface area contributed by atoms with Crippen LogP contribution in [0.2, 0.25) is 0 Å². The van der Waals surface area contributed by atoms with Gasteiger partial charge in [-0.2, -0.15) is 4.74 Å². The van der Waals surface area contributed by atoms with Gasteiger partial charge in [0.05, 0.1) is 0 Å². The topological polar surface area (TPSA) is 26.1 Å². The predicted molar refractivity (Wildman–Crippen MR) is 73.9 cm³/mol. The van der Waals surface area contributed by atoms with E-state index in [4.69, 9.17) is 6.42 Å². The standard InChI is InChI=1S/C16H13NO/c1-2-8-14-9-6-7-10-15(14)13-17(18)16-11-4-3-5-12-16/h1,3-7,9-13H,8H2/b17-13-. The van der Waals surface area contributed by atoms with Crippen LogP contribution in [0.15, 0.2) is 54.6 Å². The summed E-state index contributed by atoms with van der Waals surface area (Å²) < 4.78 is 0.856. The van der Waals surface area contributed by atoms with Crippen molar-refractivity contribution >= 4 is 11.9 Å². The first-order chi connectivity index (χ1) is 8.81. The van der Waals surface area contributed by atoms with Crippen molar-refractivity contribution in [2.24, 2.45) is 0 Å². The van der Waals surface area contributed by atoms with Gasteiger partial charge in [-0.3, -0.25) is 0 Å². The van der Waals surface area contributed by atoms with Crippen LogP contribution in [0.1, 0.15) is 11.1 Å². The number of para-hydroxylation sites is 1. The van der Waals surface area contributed by atoms with E-state index in [2.05, 4.69) is 5.92 Å². The molecule has 0 radical (unpaired) electrons. The van der Waals surface area contributed by atoms with Gasteiger partial charge in [0.15, 0.2) is 6.21 Å². The summed E-state index contributed by atoms with van der Waals surface area (Å²) in [4.78, 5) is 0. The molecule has 0 bridgehead atoms. The molecule has 0 saturated carbocycles. The summed E-state index contributed by atoms with van der Waals surface area (Å²) in [5.74, 6) is 2.60. The largest absolute Gasteiger partial charge is 0.618 e. The number of rotatable bonds is 3. The van der Waals surface area contributed by atoms with E-state index in [-0.39, 0.29) is 0 Å². The maximum Gasteiger partial charge on any atom is 0.216 e. The fourth-order valence-electron chi connectivity index (χ4n) is 1.71. The Morgan fingerprint density at radius 2 is 1.72 bits per heavy atom. The van der Waals surface area contributed by atoms with E-state index in [0.717, 1.165) is 15.9 Å². The monoisotopic (exact) mass is 235 g/mol. The van der Waals surface area contributed by atoms with Gasteiger partial charge in [0.2, 0.25) is 5.69 Å². The quantitative estimate of drug-likeness (QED) is 0.264. The van der Waals surface area contributed by atoms with Crippen LogP contribution < -0.4 is 0 Å². The zero-order valence-corrected chi connectivity index (χ0v) is 9.91. The van der Waals surface area contributed by atoms with Crippen molar-refractivity contribution in [1.82, 2.24) is 0 Å². The molecule has 0 amide bonds. The normalized spacial score (nSPS) is 10.9. The molecular weight excluding hydrogens is 222 g/mol. The van der Waals surface area contributed by atoms with Crippen molar-refractivity contribution < 1.29 is 4.74 Å². The van der Waals surface area contributed by atoms with Crippen molar-refractivity contribution in [3.63, 3.8) is 0 Å². The van der Waals surface area contributed by atoms with E-state index < -0.39 is 0 Å². The van der Waals surface area contributed by atoms with E-state index in [0.29, 0.717) is 12.1 Å². The van der Waals surface area contributed by atoms with Crippen LogP contribution in [0.25, 0.3) is 0 Å². The Kier molecular flexibility index (Phi) is 3.78. The zero-order valence-electron chi connectivity index (χ0n) is 9.91. The first-order valence-electron chi connectivity index (χ1n) is 5.69. The van der Waals surface area contributed by atoms with Crippen molar-refractivity contribution in [2.75, 3.05) is 0 Å². The molecule has 18 heavy (non-hydrogen) atoms. The molecule has 0 saturated heterocycles. The zero-order chi connectivity index (χ0) is 12.8. The number of benzene rings is 2. The Bertz CT molecular complexity index is 594. The first-order valence-corrected chi connectivity index (χ1v) is 5.69. The summed E-state index contributed by atoms with van der Waals surface area (Å²) >= 11 is 0. The third kappa shape index (κ3) is 2.78. The molecule has 0 spiro atoms. The number of terminal acetylenes is 1. The second kappa shape index (κ2) is 5.70. The molecule has 2 heteroatoms. The van der Waals surface area contributed by atoms with Crippen molar-refractivity contribution in [3.05, 3.63) is 70.9 Å². The lowest BCUT2D eigenvalue weighted by Crippen LogP contribution is -2.01. The van der Waals surface area contributed by atoms with E-state index in [1.165, 1.54) is 0 Å². The van der Waals surface area contributed by atoms with Crippen molar-refractivity contribution in [2.45, 2.75) is 6.42 Å². The molecule has 2 nitrogen and oxygen atoms in total. The lowest BCUT2D eigenvalue weighted by molar-refractivity contribution is -0.354. The van der Waals surface area contributed by atoms with E-state index >= 15 is 0 Å². The van der Waals surface area contributed by atoms with Gasteiger partial charge in [0.1, 0.15) is 0 Å². The highest BCUT2D eigenvalue weighted by atomic mass is 16.5. The molecule has 0 aliphatic heterocycles. The molecule has 2 rings (SSSR count). The van der Waals surface area contributed by atoms with Gasteiger partial charge >= 0.3 is 0 Å². The molecule has 0 atom stereocenters. The van der Waals surface area contributed by atoms with Crippen LogP contribution in [0.5, 0.6) is 0 Å². The number of hydrogen-bond acceptors (Lipinski definition) is 1. The molecule has 0 fully saturated rings. The van der Waals surface area contributed by atoms with Gasteiger partial charge in [-0.05, 0) is 11.6 Å². The third-order valence-corrected chi connectivity index (χ3v) is 2.61. The van der Waals surface area contributed by atoms with Gasteiger partial charge in [-0.1, -0.05) is 36.4 Å². The maximum absolute atomic E-state index is 12.0. The van der Waals surface area contributed by atoms with Crippen LogP contribution in [-0.2, 0) is 6.42 Å². The molecule has 2 aromatic carbocycles. The lowest BCUT2D eigenvalue weighted by Gasteiger charge is -2.04. The Hall–Kier alpha value is -2.53. The van der Waals surface area contributed by atoms with Crippen LogP contribution in [0.3, 0.4) is 0 Å². The predicted octanol–water partition coefficient (Wildman–Crippen LogP) is 3.12. The molecule has 88 valence electrons. The minimum absolute atomic E-state index is 0.523. The highest BCUT2D eigenvalue weighted by molar-refractivity contribution is 5.79. The minimum atomic E-state index is 0.523. The van der Waals surface area contributed by atoms with Gasteiger partial charge in [0, 0.05) is 24.1 Å². The first kappa shape index (κ1) is 11.9. The third-order valence-electron chi connectivity index (χ3n) is 2.61. The second-order valence-corrected chi connectivity index (χ2v) is 3.87. The summed E-state index contributed by atoms with van der Waals surface area (Å²) in [6, 6.07) is 16.7. The second-order valence-electron chi connectivity index (χ2n) is 3.87. The van der Waals surface area contributed by atoms with E-state index in [9.17, 15) is 5.21 Å². The molecule has 0 aliphatic rings. The van der Waals surface area contributed by atoms with Crippen molar-refractivity contribution in [1.29, 1.82) is 0 Å². The van der Waals surface area contributed by atoms with E-state index in [1.807, 2.05) is 42.5 Å². The fourth-order valence-corrected chi connectivity index (χ4v) is 1.71. The van der Waals surface area contributed by atoms with Crippen LogP contribution in [-0.4, -0.2) is 11.0 Å². The van der Waals surface area contributed by atoms with Crippen LogP contribution in [0.4, 0.5) is 5.69 Å². The van der Waals surface area contributed by atoms with Gasteiger partial charge in [0.25, 0.3) is 0 Å². The Morgan fingerprint density at radius 1 is 1.06 bits per heavy atom. The van der Waals surface area contributed by atoms with Gasteiger partial charge in [-0.15, -0.1) is 12.3 Å². The molecule has 0 aliphatic carbocycles. The summed E-state index contributed by atoms with van der Waals surface area (Å²) in [5, 5.41) is 12.0.